The fourth-order valence-electron chi connectivity index (χ4n) is 2.42. The largest absolute Gasteiger partial charge is 0.463 e. The molecule has 1 aliphatic rings. The Hall–Kier alpha value is -3.01. The molecule has 2 amide bonds. The lowest BCUT2D eigenvalue weighted by Crippen LogP contribution is -2.27. The summed E-state index contributed by atoms with van der Waals surface area (Å²) < 4.78 is 48.2. The number of rotatable bonds is 4. The first-order valence-corrected chi connectivity index (χ1v) is 8.60. The summed E-state index contributed by atoms with van der Waals surface area (Å²) in [6.45, 7) is -0.221. The maximum atomic E-state index is 12.8. The highest BCUT2D eigenvalue weighted by molar-refractivity contribution is 8.18. The average Bonchev–Trinajstić information content (AvgIpc) is 3.21. The molecule has 2 aromatic rings. The topological polar surface area (TPSA) is 76.8 Å². The molecular formula is C18H12F3NO5S. The molecule has 0 atom stereocenters. The molecule has 0 spiro atoms. The molecule has 2 heterocycles. The number of benzene rings is 1. The van der Waals surface area contributed by atoms with Crippen LogP contribution in [0.2, 0.25) is 0 Å². The molecule has 1 aromatic heterocycles. The molecule has 0 saturated carbocycles. The summed E-state index contributed by atoms with van der Waals surface area (Å²) in [6.07, 6.45) is -3.29. The molecule has 0 radical (unpaired) electrons. The van der Waals surface area contributed by atoms with Gasteiger partial charge in [0, 0.05) is 0 Å². The van der Waals surface area contributed by atoms with Crippen LogP contribution in [0.25, 0.3) is 6.08 Å². The monoisotopic (exact) mass is 411 g/mol. The molecule has 6 nitrogen and oxygen atoms in total. The third-order valence-electron chi connectivity index (χ3n) is 3.75. The third-order valence-corrected chi connectivity index (χ3v) is 4.65. The number of hydrogen-bond acceptors (Lipinski definition) is 6. The van der Waals surface area contributed by atoms with E-state index in [1.54, 1.807) is 0 Å². The first kappa shape index (κ1) is 19.7. The van der Waals surface area contributed by atoms with E-state index in [0.717, 1.165) is 17.0 Å². The van der Waals surface area contributed by atoms with Crippen molar-refractivity contribution in [3.8, 4) is 0 Å². The maximum Gasteiger partial charge on any atom is 0.416 e. The fourth-order valence-corrected chi connectivity index (χ4v) is 3.26. The van der Waals surface area contributed by atoms with Crippen LogP contribution >= 0.6 is 11.8 Å². The molecule has 10 heteroatoms. The van der Waals surface area contributed by atoms with Gasteiger partial charge in [0.25, 0.3) is 11.1 Å². The standard InChI is InChI=1S/C18H12F3NO5S/c1-26-16(24)13-6-5-12(27-13)9-22-15(23)14(28-17(22)25)8-10-3-2-4-11(7-10)18(19,20)21/h2-8H,9H2,1H3. The summed E-state index contributed by atoms with van der Waals surface area (Å²) in [6, 6.07) is 7.20. The summed E-state index contributed by atoms with van der Waals surface area (Å²) in [4.78, 5) is 36.8. The summed E-state index contributed by atoms with van der Waals surface area (Å²) in [5.41, 5.74) is -0.710. The quantitative estimate of drug-likeness (QED) is 0.551. The number of halogens is 3. The zero-order chi connectivity index (χ0) is 20.5. The molecule has 146 valence electrons. The number of esters is 1. The summed E-state index contributed by atoms with van der Waals surface area (Å²) in [7, 11) is 1.18. The van der Waals surface area contributed by atoms with E-state index in [0.29, 0.717) is 11.8 Å². The highest BCUT2D eigenvalue weighted by atomic mass is 32.2. The molecule has 1 saturated heterocycles. The summed E-state index contributed by atoms with van der Waals surface area (Å²) >= 11 is 0.611. The van der Waals surface area contributed by atoms with Gasteiger partial charge in [0.15, 0.2) is 0 Å². The number of hydrogen-bond donors (Lipinski definition) is 0. The Morgan fingerprint density at radius 2 is 2.00 bits per heavy atom. The van der Waals surface area contributed by atoms with Crippen LogP contribution in [0.4, 0.5) is 18.0 Å². The second-order valence-electron chi connectivity index (χ2n) is 5.65. The van der Waals surface area contributed by atoms with Crippen LogP contribution in [-0.2, 0) is 22.3 Å². The van der Waals surface area contributed by atoms with E-state index >= 15 is 0 Å². The van der Waals surface area contributed by atoms with Gasteiger partial charge in [-0.25, -0.2) is 4.79 Å². The van der Waals surface area contributed by atoms with Crippen LogP contribution in [0.3, 0.4) is 0 Å². The second kappa shape index (κ2) is 7.55. The van der Waals surface area contributed by atoms with Crippen LogP contribution < -0.4 is 0 Å². The SMILES string of the molecule is COC(=O)c1ccc(CN2C(=O)SC(=Cc3cccc(C(F)(F)F)c3)C2=O)o1. The Labute approximate surface area is 160 Å². The van der Waals surface area contributed by atoms with Crippen molar-refractivity contribution >= 4 is 35.0 Å². The second-order valence-corrected chi connectivity index (χ2v) is 6.64. The molecule has 1 aliphatic heterocycles. The highest BCUT2D eigenvalue weighted by Crippen LogP contribution is 2.35. The Morgan fingerprint density at radius 3 is 2.68 bits per heavy atom. The van der Waals surface area contributed by atoms with Gasteiger partial charge in [-0.2, -0.15) is 13.2 Å². The first-order chi connectivity index (χ1) is 13.2. The minimum absolute atomic E-state index is 0.0101. The van der Waals surface area contributed by atoms with Gasteiger partial charge in [-0.3, -0.25) is 14.5 Å². The molecule has 0 bridgehead atoms. The number of thioether (sulfide) groups is 1. The number of carbonyl (C=O) groups excluding carboxylic acids is 3. The normalized spacial score (nSPS) is 16.1. The minimum Gasteiger partial charge on any atom is -0.463 e. The molecule has 28 heavy (non-hydrogen) atoms. The minimum atomic E-state index is -4.51. The van der Waals surface area contributed by atoms with Crippen molar-refractivity contribution in [2.45, 2.75) is 12.7 Å². The third kappa shape index (κ3) is 4.11. The van der Waals surface area contributed by atoms with Gasteiger partial charge in [0.1, 0.15) is 5.76 Å². The highest BCUT2D eigenvalue weighted by Gasteiger charge is 2.36. The Morgan fingerprint density at radius 1 is 1.25 bits per heavy atom. The van der Waals surface area contributed by atoms with E-state index in [4.69, 9.17) is 4.42 Å². The molecular weight excluding hydrogens is 399 g/mol. The van der Waals surface area contributed by atoms with Gasteiger partial charge in [0.05, 0.1) is 24.1 Å². The van der Waals surface area contributed by atoms with Gasteiger partial charge < -0.3 is 9.15 Å². The number of ether oxygens (including phenoxy) is 1. The van der Waals surface area contributed by atoms with Crippen LogP contribution in [0.15, 0.2) is 45.7 Å². The van der Waals surface area contributed by atoms with Crippen molar-refractivity contribution in [2.75, 3.05) is 7.11 Å². The number of imide groups is 1. The van der Waals surface area contributed by atoms with E-state index in [-0.39, 0.29) is 28.5 Å². The Balaban J connectivity index is 1.79. The van der Waals surface area contributed by atoms with E-state index in [2.05, 4.69) is 4.74 Å². The van der Waals surface area contributed by atoms with E-state index in [1.807, 2.05) is 0 Å². The van der Waals surface area contributed by atoms with Gasteiger partial charge in [-0.1, -0.05) is 12.1 Å². The van der Waals surface area contributed by atoms with Crippen LogP contribution in [0.1, 0.15) is 27.4 Å². The molecule has 1 aromatic carbocycles. The van der Waals surface area contributed by atoms with E-state index in [1.165, 1.54) is 37.5 Å². The van der Waals surface area contributed by atoms with Crippen molar-refractivity contribution in [1.82, 2.24) is 4.90 Å². The zero-order valence-electron chi connectivity index (χ0n) is 14.3. The molecule has 0 aliphatic carbocycles. The number of amides is 2. The van der Waals surface area contributed by atoms with Gasteiger partial charge in [0.2, 0.25) is 5.76 Å². The smallest absolute Gasteiger partial charge is 0.416 e. The van der Waals surface area contributed by atoms with E-state index < -0.39 is 28.9 Å². The van der Waals surface area contributed by atoms with Crippen LogP contribution in [0, 0.1) is 0 Å². The van der Waals surface area contributed by atoms with Gasteiger partial charge in [-0.15, -0.1) is 0 Å². The number of furan rings is 1. The van der Waals surface area contributed by atoms with Crippen molar-refractivity contribution in [3.05, 3.63) is 64.0 Å². The number of carbonyl (C=O) groups is 3. The van der Waals surface area contributed by atoms with Crippen molar-refractivity contribution in [3.63, 3.8) is 0 Å². The number of alkyl halides is 3. The fraction of sp³-hybridized carbons (Fsp3) is 0.167. The number of methoxy groups -OCH3 is 1. The summed E-state index contributed by atoms with van der Waals surface area (Å²) in [5, 5.41) is -0.598. The number of nitrogens with zero attached hydrogens (tertiary/aromatic N) is 1. The zero-order valence-corrected chi connectivity index (χ0v) is 15.1. The summed E-state index contributed by atoms with van der Waals surface area (Å²) in [5.74, 6) is -1.26. The molecule has 0 unspecified atom stereocenters. The predicted molar refractivity (Wildman–Crippen MR) is 93.0 cm³/mol. The lowest BCUT2D eigenvalue weighted by molar-refractivity contribution is -0.137. The van der Waals surface area contributed by atoms with Crippen LogP contribution in [-0.4, -0.2) is 29.1 Å². The Bertz CT molecular complexity index is 980. The predicted octanol–water partition coefficient (Wildman–Crippen LogP) is 4.32. The first-order valence-electron chi connectivity index (χ1n) is 7.78. The van der Waals surface area contributed by atoms with Gasteiger partial charge in [-0.05, 0) is 47.7 Å². The van der Waals surface area contributed by atoms with Gasteiger partial charge >= 0.3 is 12.1 Å². The van der Waals surface area contributed by atoms with Crippen molar-refractivity contribution < 1.29 is 36.7 Å². The molecule has 0 N–H and O–H groups in total. The van der Waals surface area contributed by atoms with E-state index in [9.17, 15) is 27.6 Å². The Kier molecular flexibility index (Phi) is 5.32. The van der Waals surface area contributed by atoms with Crippen molar-refractivity contribution in [1.29, 1.82) is 0 Å². The van der Waals surface area contributed by atoms with Crippen LogP contribution in [0.5, 0.6) is 0 Å². The molecule has 3 rings (SSSR count). The maximum absolute atomic E-state index is 12.8. The lowest BCUT2D eigenvalue weighted by Gasteiger charge is -2.10. The lowest BCUT2D eigenvalue weighted by atomic mass is 10.1. The van der Waals surface area contributed by atoms with Crippen molar-refractivity contribution in [2.24, 2.45) is 0 Å². The molecule has 1 fully saturated rings. The average molecular weight is 411 g/mol.